The lowest BCUT2D eigenvalue weighted by Crippen LogP contribution is -2.43. The average Bonchev–Trinajstić information content (AvgIpc) is 3.01. The molecule has 1 saturated heterocycles. The van der Waals surface area contributed by atoms with Crippen molar-refractivity contribution in [2.75, 3.05) is 30.9 Å². The Morgan fingerprint density at radius 2 is 1.70 bits per heavy atom. The Bertz CT molecular complexity index is 1060. The van der Waals surface area contributed by atoms with E-state index in [0.717, 1.165) is 10.9 Å². The Labute approximate surface area is 191 Å². The van der Waals surface area contributed by atoms with Gasteiger partial charge in [-0.05, 0) is 19.1 Å². The van der Waals surface area contributed by atoms with E-state index in [-0.39, 0.29) is 12.6 Å². The van der Waals surface area contributed by atoms with Crippen LogP contribution in [0.3, 0.4) is 0 Å². The minimum Gasteiger partial charge on any atom is -0.463 e. The Balaban J connectivity index is 1.96. The van der Waals surface area contributed by atoms with Gasteiger partial charge in [0.25, 0.3) is 0 Å². The molecule has 1 fully saturated rings. The predicted molar refractivity (Wildman–Crippen MR) is 119 cm³/mol. The summed E-state index contributed by atoms with van der Waals surface area (Å²) in [6.45, 7) is 5.51. The van der Waals surface area contributed by atoms with Crippen molar-refractivity contribution >= 4 is 40.6 Å². The van der Waals surface area contributed by atoms with Gasteiger partial charge in [0, 0.05) is 40.3 Å². The highest BCUT2D eigenvalue weighted by Crippen LogP contribution is 2.30. The zero-order valence-corrected chi connectivity index (χ0v) is 19.4. The molecule has 1 N–H and O–H groups in total. The second-order valence-corrected chi connectivity index (χ2v) is 7.98. The molecule has 33 heavy (non-hydrogen) atoms. The second kappa shape index (κ2) is 9.99. The summed E-state index contributed by atoms with van der Waals surface area (Å²) in [5.74, 6) is -0.802. The summed E-state index contributed by atoms with van der Waals surface area (Å²) in [7, 11) is 3.74. The van der Waals surface area contributed by atoms with Crippen molar-refractivity contribution in [2.24, 2.45) is 0 Å². The molecule has 2 heterocycles. The largest absolute Gasteiger partial charge is 0.463 e. The number of rotatable bonds is 7. The van der Waals surface area contributed by atoms with E-state index in [1.165, 1.54) is 20.8 Å². The van der Waals surface area contributed by atoms with Crippen molar-refractivity contribution in [1.29, 1.82) is 0 Å². The number of nitrogens with zero attached hydrogens (tertiary/aromatic N) is 3. The summed E-state index contributed by atoms with van der Waals surface area (Å²) >= 11 is 0. The molecular weight excluding hydrogens is 432 g/mol. The first-order valence-corrected chi connectivity index (χ1v) is 10.4. The maximum absolute atomic E-state index is 11.8. The third-order valence-corrected chi connectivity index (χ3v) is 4.89. The number of aromatic nitrogens is 2. The molecule has 178 valence electrons. The van der Waals surface area contributed by atoms with Crippen molar-refractivity contribution < 1.29 is 33.3 Å². The van der Waals surface area contributed by atoms with Crippen LogP contribution in [0.25, 0.3) is 10.9 Å². The number of esters is 3. The SMILES string of the molecule is CC(=O)OC[C@H]1O[C@@H](Nc2nc(N(C)C)c3cc(C)ccc3n2)[C@H](OC(C)=O)[C@@H]1OC(C)=O. The highest BCUT2D eigenvalue weighted by Gasteiger charge is 2.50. The van der Waals surface area contributed by atoms with Gasteiger partial charge in [0.2, 0.25) is 5.95 Å². The van der Waals surface area contributed by atoms with Crippen molar-refractivity contribution in [3.63, 3.8) is 0 Å². The summed E-state index contributed by atoms with van der Waals surface area (Å²) in [4.78, 5) is 45.8. The van der Waals surface area contributed by atoms with Gasteiger partial charge in [-0.25, -0.2) is 4.98 Å². The second-order valence-electron chi connectivity index (χ2n) is 7.98. The number of anilines is 2. The third-order valence-electron chi connectivity index (χ3n) is 4.89. The fraction of sp³-hybridized carbons (Fsp3) is 0.500. The van der Waals surface area contributed by atoms with Gasteiger partial charge >= 0.3 is 17.9 Å². The fourth-order valence-electron chi connectivity index (χ4n) is 3.59. The van der Waals surface area contributed by atoms with Crippen LogP contribution in [0.2, 0.25) is 0 Å². The molecule has 0 radical (unpaired) electrons. The first kappa shape index (κ1) is 24.2. The van der Waals surface area contributed by atoms with E-state index in [4.69, 9.17) is 18.9 Å². The molecule has 2 aromatic rings. The summed E-state index contributed by atoms with van der Waals surface area (Å²) < 4.78 is 21.8. The van der Waals surface area contributed by atoms with Gasteiger partial charge in [-0.1, -0.05) is 11.6 Å². The lowest BCUT2D eigenvalue weighted by atomic mass is 10.1. The molecule has 0 bridgehead atoms. The predicted octanol–water partition coefficient (Wildman–Crippen LogP) is 1.57. The number of hydrogen-bond donors (Lipinski definition) is 1. The van der Waals surface area contributed by atoms with Crippen molar-refractivity contribution in [3.05, 3.63) is 23.8 Å². The van der Waals surface area contributed by atoms with Gasteiger partial charge in [0.15, 0.2) is 18.4 Å². The number of hydrogen-bond acceptors (Lipinski definition) is 11. The van der Waals surface area contributed by atoms with Gasteiger partial charge in [-0.2, -0.15) is 4.98 Å². The summed E-state index contributed by atoms with van der Waals surface area (Å²) in [6.07, 6.45) is -3.85. The molecule has 1 aliphatic heterocycles. The summed E-state index contributed by atoms with van der Waals surface area (Å²) in [5.41, 5.74) is 1.78. The van der Waals surface area contributed by atoms with E-state index >= 15 is 0 Å². The highest BCUT2D eigenvalue weighted by atomic mass is 16.7. The van der Waals surface area contributed by atoms with Crippen molar-refractivity contribution in [2.45, 2.75) is 52.2 Å². The van der Waals surface area contributed by atoms with E-state index in [2.05, 4.69) is 15.3 Å². The minimum atomic E-state index is -1.02. The zero-order chi connectivity index (χ0) is 24.3. The quantitative estimate of drug-likeness (QED) is 0.477. The molecule has 0 spiro atoms. The smallest absolute Gasteiger partial charge is 0.303 e. The lowest BCUT2D eigenvalue weighted by Gasteiger charge is -2.24. The van der Waals surface area contributed by atoms with E-state index in [0.29, 0.717) is 11.3 Å². The number of ether oxygens (including phenoxy) is 4. The number of aryl methyl sites for hydroxylation is 1. The standard InChI is InChI=1S/C22H28N4O7/c1-11-7-8-16-15(9-11)20(26(5)6)24-22(23-16)25-21-19(32-14(4)29)18(31-13(3)28)17(33-21)10-30-12(2)27/h7-9,17-19,21H,10H2,1-6H3,(H,23,24,25)/t17-,18-,19-,21-/m1/s1. The van der Waals surface area contributed by atoms with Gasteiger partial charge < -0.3 is 29.2 Å². The highest BCUT2D eigenvalue weighted by molar-refractivity contribution is 5.91. The number of benzene rings is 1. The molecule has 1 aromatic heterocycles. The van der Waals surface area contributed by atoms with E-state index in [1.54, 1.807) is 0 Å². The molecular formula is C22H28N4O7. The maximum Gasteiger partial charge on any atom is 0.303 e. The number of fused-ring (bicyclic) bond motifs is 1. The van der Waals surface area contributed by atoms with Gasteiger partial charge in [-0.15, -0.1) is 0 Å². The minimum absolute atomic E-state index is 0.190. The molecule has 0 aliphatic carbocycles. The van der Waals surface area contributed by atoms with Gasteiger partial charge in [0.05, 0.1) is 5.52 Å². The molecule has 1 aromatic carbocycles. The van der Waals surface area contributed by atoms with Gasteiger partial charge in [-0.3, -0.25) is 14.4 Å². The molecule has 1 aliphatic rings. The monoisotopic (exact) mass is 460 g/mol. The van der Waals surface area contributed by atoms with Crippen molar-refractivity contribution in [3.8, 4) is 0 Å². The Kier molecular flexibility index (Phi) is 7.32. The van der Waals surface area contributed by atoms with Crippen LogP contribution in [0.4, 0.5) is 11.8 Å². The lowest BCUT2D eigenvalue weighted by molar-refractivity contribution is -0.165. The number of nitrogens with one attached hydrogen (secondary N) is 1. The number of carbonyl (C=O) groups excluding carboxylic acids is 3. The Morgan fingerprint density at radius 3 is 2.30 bits per heavy atom. The van der Waals surface area contributed by atoms with Crippen LogP contribution in [0.1, 0.15) is 26.3 Å². The Morgan fingerprint density at radius 1 is 1.03 bits per heavy atom. The zero-order valence-electron chi connectivity index (χ0n) is 19.4. The average molecular weight is 460 g/mol. The van der Waals surface area contributed by atoms with Crippen LogP contribution in [-0.4, -0.2) is 73.1 Å². The molecule has 0 amide bonds. The maximum atomic E-state index is 11.8. The molecule has 0 saturated carbocycles. The summed E-state index contributed by atoms with van der Waals surface area (Å²) in [6, 6.07) is 5.82. The topological polar surface area (TPSA) is 129 Å². The first-order chi connectivity index (χ1) is 15.5. The summed E-state index contributed by atoms with van der Waals surface area (Å²) in [5, 5.41) is 3.91. The molecule has 3 rings (SSSR count). The van der Waals surface area contributed by atoms with E-state index in [9.17, 15) is 14.4 Å². The normalized spacial score (nSPS) is 22.0. The third kappa shape index (κ3) is 5.86. The molecule has 11 heteroatoms. The van der Waals surface area contributed by atoms with Crippen LogP contribution < -0.4 is 10.2 Å². The first-order valence-electron chi connectivity index (χ1n) is 10.4. The molecule has 11 nitrogen and oxygen atoms in total. The molecule has 0 unspecified atom stereocenters. The van der Waals surface area contributed by atoms with Crippen LogP contribution in [-0.2, 0) is 33.3 Å². The Hall–Kier alpha value is -3.47. The van der Waals surface area contributed by atoms with Crippen molar-refractivity contribution in [1.82, 2.24) is 9.97 Å². The van der Waals surface area contributed by atoms with Gasteiger partial charge in [0.1, 0.15) is 18.5 Å². The number of carbonyl (C=O) groups is 3. The van der Waals surface area contributed by atoms with Crippen LogP contribution >= 0.6 is 0 Å². The molecule has 4 atom stereocenters. The van der Waals surface area contributed by atoms with E-state index in [1.807, 2.05) is 44.1 Å². The van der Waals surface area contributed by atoms with Crippen LogP contribution in [0.15, 0.2) is 18.2 Å². The van der Waals surface area contributed by atoms with Crippen LogP contribution in [0, 0.1) is 6.92 Å². The fourth-order valence-corrected chi connectivity index (χ4v) is 3.59. The van der Waals surface area contributed by atoms with E-state index < -0.39 is 42.4 Å². The van der Waals surface area contributed by atoms with Crippen LogP contribution in [0.5, 0.6) is 0 Å².